The maximum Gasteiger partial charge on any atom is 0.0886 e. The Balaban J connectivity index is 0.963. The smallest absolute Gasteiger partial charge is 0.0886 e. The summed E-state index contributed by atoms with van der Waals surface area (Å²) in [7, 11) is 0. The first-order valence-corrected chi connectivity index (χ1v) is 36.4. The summed E-state index contributed by atoms with van der Waals surface area (Å²) in [4.78, 5) is 20.4. The zero-order chi connectivity index (χ0) is 57.5. The van der Waals surface area contributed by atoms with Crippen molar-refractivity contribution in [3.63, 3.8) is 0 Å². The molecule has 0 aromatic carbocycles. The lowest BCUT2D eigenvalue weighted by atomic mass is 10.0. The molecule has 2 aromatic heterocycles. The third kappa shape index (κ3) is 41.1. The minimum atomic E-state index is 0.923. The van der Waals surface area contributed by atoms with Crippen molar-refractivity contribution in [3.8, 4) is 11.4 Å². The highest BCUT2D eigenvalue weighted by molar-refractivity contribution is 5.54. The standard InChI is InChI=1S/C72H136N10/c1-3-5-7-9-11-13-15-17-19-21-23-25-27-29-31-33-35-37-39-41-55-79-57-47-73-51-61-81(62-52-74-48-58-79)67-69-43-45-71(77-65-69)72-46-44-70(66-78-72)68-82-63-53-75-49-59-80(60-50-76-54-64-82)56-42-40-38-36-34-32-30-28-26-24-22-20-18-16-14-12-10-8-6-4-2/h43-46,65-66,73-76H,3-42,47-64,67-68H2,1-2H3. The Bertz CT molecular complexity index is 1480. The third-order valence-electron chi connectivity index (χ3n) is 18.2. The summed E-state index contributed by atoms with van der Waals surface area (Å²) in [5.41, 5.74) is 4.44. The van der Waals surface area contributed by atoms with Crippen molar-refractivity contribution in [3.05, 3.63) is 47.8 Å². The molecule has 474 valence electrons. The van der Waals surface area contributed by atoms with Gasteiger partial charge in [-0.1, -0.05) is 270 Å². The van der Waals surface area contributed by atoms with Crippen LogP contribution in [0.15, 0.2) is 36.7 Å². The maximum absolute atomic E-state index is 4.91. The number of nitrogens with one attached hydrogen (secondary N) is 4. The van der Waals surface area contributed by atoms with Gasteiger partial charge in [-0.2, -0.15) is 0 Å². The summed E-state index contributed by atoms with van der Waals surface area (Å²) < 4.78 is 0. The van der Waals surface area contributed by atoms with E-state index in [0.717, 1.165) is 129 Å². The van der Waals surface area contributed by atoms with Crippen LogP contribution in [0, 0.1) is 0 Å². The van der Waals surface area contributed by atoms with Crippen LogP contribution in [-0.4, -0.2) is 147 Å². The monoisotopic (exact) mass is 1140 g/mol. The predicted molar refractivity (Wildman–Crippen MR) is 358 cm³/mol. The van der Waals surface area contributed by atoms with Crippen LogP contribution in [0.5, 0.6) is 0 Å². The van der Waals surface area contributed by atoms with Crippen molar-refractivity contribution < 1.29 is 0 Å². The van der Waals surface area contributed by atoms with E-state index in [2.05, 4.69) is 91.4 Å². The fourth-order valence-electron chi connectivity index (χ4n) is 12.6. The summed E-state index contributed by atoms with van der Waals surface area (Å²) in [5, 5.41) is 15.1. The van der Waals surface area contributed by atoms with Crippen molar-refractivity contribution in [2.24, 2.45) is 0 Å². The van der Waals surface area contributed by atoms with Crippen LogP contribution in [0.3, 0.4) is 0 Å². The quantitative estimate of drug-likeness (QED) is 0.0481. The zero-order valence-corrected chi connectivity index (χ0v) is 54.6. The van der Waals surface area contributed by atoms with Gasteiger partial charge < -0.3 is 31.1 Å². The van der Waals surface area contributed by atoms with Crippen LogP contribution in [-0.2, 0) is 13.1 Å². The molecular weight excluding hydrogens is 1000 g/mol. The van der Waals surface area contributed by atoms with E-state index in [1.54, 1.807) is 0 Å². The molecular formula is C72H136N10. The normalized spacial score (nSPS) is 16.7. The second kappa shape index (κ2) is 54.4. The molecule has 2 aliphatic rings. The minimum absolute atomic E-state index is 0.923. The minimum Gasteiger partial charge on any atom is -0.314 e. The lowest BCUT2D eigenvalue weighted by Gasteiger charge is -2.27. The Labute approximate surface area is 509 Å². The molecule has 0 unspecified atom stereocenters. The van der Waals surface area contributed by atoms with Gasteiger partial charge in [-0.05, 0) is 49.2 Å². The van der Waals surface area contributed by atoms with Gasteiger partial charge >= 0.3 is 0 Å². The van der Waals surface area contributed by atoms with Crippen LogP contribution in [0.1, 0.15) is 282 Å². The fourth-order valence-corrected chi connectivity index (χ4v) is 12.6. The molecule has 0 saturated carbocycles. The lowest BCUT2D eigenvalue weighted by molar-refractivity contribution is 0.234. The van der Waals surface area contributed by atoms with Gasteiger partial charge in [0.25, 0.3) is 0 Å². The molecule has 4 heterocycles. The Kier molecular flexibility index (Phi) is 48.0. The Morgan fingerprint density at radius 2 is 0.476 bits per heavy atom. The number of hydrogen-bond acceptors (Lipinski definition) is 10. The molecule has 82 heavy (non-hydrogen) atoms. The molecule has 10 heteroatoms. The van der Waals surface area contributed by atoms with E-state index < -0.39 is 0 Å². The highest BCUT2D eigenvalue weighted by Crippen LogP contribution is 2.20. The second-order valence-electron chi connectivity index (χ2n) is 25.8. The second-order valence-corrected chi connectivity index (χ2v) is 25.8. The number of unbranched alkanes of at least 4 members (excludes halogenated alkanes) is 38. The molecule has 4 rings (SSSR count). The average Bonchev–Trinajstić information content (AvgIpc) is 3.54. The summed E-state index contributed by atoms with van der Waals surface area (Å²) in [6, 6.07) is 8.84. The lowest BCUT2D eigenvalue weighted by Crippen LogP contribution is -2.43. The first-order chi connectivity index (χ1) is 40.7. The van der Waals surface area contributed by atoms with E-state index in [1.807, 2.05) is 0 Å². The van der Waals surface area contributed by atoms with Gasteiger partial charge in [0.2, 0.25) is 0 Å². The summed E-state index contributed by atoms with van der Waals surface area (Å²) in [6.45, 7) is 26.1. The van der Waals surface area contributed by atoms with Crippen LogP contribution < -0.4 is 21.3 Å². The maximum atomic E-state index is 4.91. The van der Waals surface area contributed by atoms with Crippen LogP contribution in [0.2, 0.25) is 0 Å². The average molecular weight is 1140 g/mol. The Morgan fingerprint density at radius 3 is 0.683 bits per heavy atom. The van der Waals surface area contributed by atoms with E-state index in [1.165, 1.54) is 281 Å². The van der Waals surface area contributed by atoms with Crippen LogP contribution in [0.25, 0.3) is 11.4 Å². The van der Waals surface area contributed by atoms with Crippen molar-refractivity contribution in [1.82, 2.24) is 50.8 Å². The van der Waals surface area contributed by atoms with Crippen LogP contribution in [0.4, 0.5) is 0 Å². The van der Waals surface area contributed by atoms with E-state index in [9.17, 15) is 0 Å². The number of rotatable bonds is 47. The van der Waals surface area contributed by atoms with E-state index in [0.29, 0.717) is 0 Å². The summed E-state index contributed by atoms with van der Waals surface area (Å²) >= 11 is 0. The molecule has 2 aliphatic heterocycles. The molecule has 0 amide bonds. The highest BCUT2D eigenvalue weighted by Gasteiger charge is 2.13. The van der Waals surface area contributed by atoms with Gasteiger partial charge in [0.15, 0.2) is 0 Å². The largest absolute Gasteiger partial charge is 0.314 e. The molecule has 4 N–H and O–H groups in total. The third-order valence-corrected chi connectivity index (χ3v) is 18.2. The van der Waals surface area contributed by atoms with Crippen LogP contribution >= 0.6 is 0 Å². The Morgan fingerprint density at radius 1 is 0.268 bits per heavy atom. The van der Waals surface area contributed by atoms with Crippen molar-refractivity contribution in [1.29, 1.82) is 0 Å². The number of aromatic nitrogens is 2. The van der Waals surface area contributed by atoms with Crippen molar-refractivity contribution >= 4 is 0 Å². The number of hydrogen-bond donors (Lipinski definition) is 4. The number of pyridine rings is 2. The van der Waals surface area contributed by atoms with Gasteiger partial charge in [-0.3, -0.25) is 19.8 Å². The number of nitrogens with zero attached hydrogens (tertiary/aromatic N) is 6. The highest BCUT2D eigenvalue weighted by atomic mass is 15.2. The predicted octanol–water partition coefficient (Wildman–Crippen LogP) is 16.4. The molecule has 0 radical (unpaired) electrons. The van der Waals surface area contributed by atoms with E-state index in [-0.39, 0.29) is 0 Å². The van der Waals surface area contributed by atoms with Crippen molar-refractivity contribution in [2.45, 2.75) is 284 Å². The molecule has 2 saturated heterocycles. The molecule has 0 atom stereocenters. The van der Waals surface area contributed by atoms with E-state index >= 15 is 0 Å². The summed E-state index contributed by atoms with van der Waals surface area (Å²) in [5.74, 6) is 0. The molecule has 0 bridgehead atoms. The molecule has 10 nitrogen and oxygen atoms in total. The molecule has 0 spiro atoms. The molecule has 2 aromatic rings. The SMILES string of the molecule is CCCCCCCCCCCCCCCCCCCCCCN1CCNCCN(Cc2ccc(-c3ccc(CN4CCNCCN(CCCCCCCCCCCCCCCCCCCCCC)CCNCC4)cn3)nc2)CCNCC1. The Hall–Kier alpha value is -2.02. The fraction of sp³-hybridized carbons (Fsp3) is 0.861. The van der Waals surface area contributed by atoms with Gasteiger partial charge in [0, 0.05) is 130 Å². The molecule has 0 aliphatic carbocycles. The van der Waals surface area contributed by atoms with Gasteiger partial charge in [0.1, 0.15) is 0 Å². The summed E-state index contributed by atoms with van der Waals surface area (Å²) in [6.07, 6.45) is 61.8. The topological polar surface area (TPSA) is 86.9 Å². The van der Waals surface area contributed by atoms with Crippen molar-refractivity contribution in [2.75, 3.05) is 118 Å². The first kappa shape index (κ1) is 72.5. The van der Waals surface area contributed by atoms with Gasteiger partial charge in [-0.15, -0.1) is 0 Å². The molecule has 2 fully saturated rings. The van der Waals surface area contributed by atoms with E-state index in [4.69, 9.17) is 9.97 Å². The van der Waals surface area contributed by atoms with Gasteiger partial charge in [-0.25, -0.2) is 0 Å². The van der Waals surface area contributed by atoms with Gasteiger partial charge in [0.05, 0.1) is 11.4 Å². The zero-order valence-electron chi connectivity index (χ0n) is 54.6. The first-order valence-electron chi connectivity index (χ1n) is 36.4.